The lowest BCUT2D eigenvalue weighted by Gasteiger charge is -2.44. The summed E-state index contributed by atoms with van der Waals surface area (Å²) in [6, 6.07) is 0. The first-order chi connectivity index (χ1) is 21.0. The maximum absolute atomic E-state index is 13.0. The number of hydrogen-bond donors (Lipinski definition) is 4. The first-order valence-corrected chi connectivity index (χ1v) is 16.5. The number of carbonyl (C=O) groups excluding carboxylic acids is 3. The summed E-state index contributed by atoms with van der Waals surface area (Å²) >= 11 is 0. The van der Waals surface area contributed by atoms with Crippen LogP contribution in [0.2, 0.25) is 0 Å². The SMILES string of the molecule is CCCCCCCCCCCCCCCC(=O)O[C@@H]1[C@H](OC(=O)C(C)C)[C@H](OC[C@@H](O)[C@@H](O)CO)O[C@H](CO)[C@H]1OC(C)=O. The number of aliphatic hydroxyl groups excluding tert-OH is 4. The molecule has 0 spiro atoms. The fourth-order valence-electron chi connectivity index (χ4n) is 4.95. The lowest BCUT2D eigenvalue weighted by atomic mass is 9.97. The molecule has 12 nitrogen and oxygen atoms in total. The second-order valence-electron chi connectivity index (χ2n) is 12.0. The molecule has 12 heteroatoms. The minimum Gasteiger partial charge on any atom is -0.456 e. The van der Waals surface area contributed by atoms with Crippen LogP contribution in [-0.2, 0) is 38.1 Å². The molecule has 1 saturated heterocycles. The van der Waals surface area contributed by atoms with Gasteiger partial charge in [0.1, 0.15) is 18.3 Å². The van der Waals surface area contributed by atoms with E-state index in [1.807, 2.05) is 0 Å². The molecule has 0 aromatic rings. The molecule has 44 heavy (non-hydrogen) atoms. The van der Waals surface area contributed by atoms with E-state index in [1.165, 1.54) is 57.8 Å². The largest absolute Gasteiger partial charge is 0.456 e. The van der Waals surface area contributed by atoms with Gasteiger partial charge in [-0.15, -0.1) is 0 Å². The highest BCUT2D eigenvalue weighted by Gasteiger charge is 2.52. The van der Waals surface area contributed by atoms with Gasteiger partial charge in [0.15, 0.2) is 24.6 Å². The van der Waals surface area contributed by atoms with E-state index in [-0.39, 0.29) is 6.42 Å². The molecule has 1 heterocycles. The zero-order valence-electron chi connectivity index (χ0n) is 27.2. The van der Waals surface area contributed by atoms with Crippen LogP contribution in [0.15, 0.2) is 0 Å². The zero-order chi connectivity index (χ0) is 32.9. The topological polar surface area (TPSA) is 178 Å². The predicted octanol–water partition coefficient (Wildman–Crippen LogP) is 3.33. The number of hydrogen-bond acceptors (Lipinski definition) is 12. The molecule has 0 saturated carbocycles. The highest BCUT2D eigenvalue weighted by molar-refractivity contribution is 5.72. The molecule has 1 aliphatic heterocycles. The Morgan fingerprint density at radius 1 is 0.727 bits per heavy atom. The summed E-state index contributed by atoms with van der Waals surface area (Å²) in [5, 5.41) is 38.9. The minimum atomic E-state index is -1.51. The average molecular weight is 635 g/mol. The van der Waals surface area contributed by atoms with Crippen LogP contribution in [0, 0.1) is 5.92 Å². The number of rotatable bonds is 24. The normalized spacial score (nSPS) is 23.2. The van der Waals surface area contributed by atoms with E-state index < -0.39 is 86.6 Å². The Morgan fingerprint density at radius 2 is 1.27 bits per heavy atom. The molecular weight excluding hydrogens is 576 g/mol. The van der Waals surface area contributed by atoms with Crippen LogP contribution < -0.4 is 0 Å². The van der Waals surface area contributed by atoms with Crippen molar-refractivity contribution < 1.29 is 58.5 Å². The van der Waals surface area contributed by atoms with Gasteiger partial charge in [0.2, 0.25) is 0 Å². The van der Waals surface area contributed by atoms with E-state index in [2.05, 4.69) is 6.92 Å². The second-order valence-corrected chi connectivity index (χ2v) is 12.0. The molecule has 258 valence electrons. The number of ether oxygens (including phenoxy) is 5. The average Bonchev–Trinajstić information content (AvgIpc) is 2.99. The van der Waals surface area contributed by atoms with Crippen LogP contribution in [-0.4, -0.2) is 101 Å². The van der Waals surface area contributed by atoms with Crippen molar-refractivity contribution >= 4 is 17.9 Å². The summed E-state index contributed by atoms with van der Waals surface area (Å²) in [7, 11) is 0. The van der Waals surface area contributed by atoms with Gasteiger partial charge >= 0.3 is 17.9 Å². The van der Waals surface area contributed by atoms with Crippen LogP contribution in [0.3, 0.4) is 0 Å². The molecule has 0 radical (unpaired) electrons. The van der Waals surface area contributed by atoms with Gasteiger partial charge in [0, 0.05) is 13.3 Å². The van der Waals surface area contributed by atoms with Crippen molar-refractivity contribution in [1.82, 2.24) is 0 Å². The third-order valence-corrected chi connectivity index (χ3v) is 7.61. The molecule has 1 rings (SSSR count). The maximum atomic E-state index is 13.0. The van der Waals surface area contributed by atoms with Crippen LogP contribution in [0.1, 0.15) is 118 Å². The number of aliphatic hydroxyl groups is 4. The van der Waals surface area contributed by atoms with Crippen molar-refractivity contribution in [2.75, 3.05) is 19.8 Å². The van der Waals surface area contributed by atoms with Crippen molar-refractivity contribution in [3.8, 4) is 0 Å². The van der Waals surface area contributed by atoms with Crippen LogP contribution in [0.5, 0.6) is 0 Å². The van der Waals surface area contributed by atoms with Crippen molar-refractivity contribution in [3.63, 3.8) is 0 Å². The third kappa shape index (κ3) is 15.9. The Hall–Kier alpha value is -1.83. The number of unbranched alkanes of at least 4 members (excludes halogenated alkanes) is 12. The quantitative estimate of drug-likeness (QED) is 0.0693. The molecule has 0 amide bonds. The molecule has 0 aromatic heterocycles. The summed E-state index contributed by atoms with van der Waals surface area (Å²) < 4.78 is 28.0. The summed E-state index contributed by atoms with van der Waals surface area (Å²) in [5.41, 5.74) is 0. The Bertz CT molecular complexity index is 791. The lowest BCUT2D eigenvalue weighted by molar-refractivity contribution is -0.313. The van der Waals surface area contributed by atoms with E-state index in [0.29, 0.717) is 6.42 Å². The lowest BCUT2D eigenvalue weighted by Crippen LogP contribution is -2.63. The molecular formula is C32H58O12. The van der Waals surface area contributed by atoms with Crippen molar-refractivity contribution in [2.45, 2.75) is 161 Å². The monoisotopic (exact) mass is 634 g/mol. The van der Waals surface area contributed by atoms with Crippen molar-refractivity contribution in [1.29, 1.82) is 0 Å². The number of carbonyl (C=O) groups is 3. The molecule has 0 aliphatic carbocycles. The predicted molar refractivity (Wildman–Crippen MR) is 161 cm³/mol. The molecule has 1 fully saturated rings. The number of esters is 3. The summed E-state index contributed by atoms with van der Waals surface area (Å²) in [6.45, 7) is 4.63. The van der Waals surface area contributed by atoms with Gasteiger partial charge in [-0.1, -0.05) is 97.8 Å². The molecule has 4 N–H and O–H groups in total. The Kier molecular flexibility index (Phi) is 21.5. The summed E-state index contributed by atoms with van der Waals surface area (Å²) in [4.78, 5) is 37.5. The van der Waals surface area contributed by atoms with Gasteiger partial charge < -0.3 is 44.1 Å². The Balaban J connectivity index is 2.78. The maximum Gasteiger partial charge on any atom is 0.308 e. The Labute approximate surface area is 262 Å². The first kappa shape index (κ1) is 40.2. The van der Waals surface area contributed by atoms with Crippen LogP contribution in [0.4, 0.5) is 0 Å². The van der Waals surface area contributed by atoms with Gasteiger partial charge in [0.05, 0.1) is 25.7 Å². The van der Waals surface area contributed by atoms with Gasteiger partial charge in [-0.3, -0.25) is 14.4 Å². The zero-order valence-corrected chi connectivity index (χ0v) is 27.2. The van der Waals surface area contributed by atoms with Crippen molar-refractivity contribution in [3.05, 3.63) is 0 Å². The summed E-state index contributed by atoms with van der Waals surface area (Å²) in [5.74, 6) is -2.59. The van der Waals surface area contributed by atoms with E-state index in [1.54, 1.807) is 13.8 Å². The fourth-order valence-corrected chi connectivity index (χ4v) is 4.95. The van der Waals surface area contributed by atoms with Gasteiger partial charge in [-0.05, 0) is 6.42 Å². The van der Waals surface area contributed by atoms with E-state index in [4.69, 9.17) is 28.8 Å². The molecule has 1 aliphatic rings. The third-order valence-electron chi connectivity index (χ3n) is 7.61. The minimum absolute atomic E-state index is 0.0868. The van der Waals surface area contributed by atoms with Crippen LogP contribution in [0.25, 0.3) is 0 Å². The smallest absolute Gasteiger partial charge is 0.308 e. The molecule has 0 bridgehead atoms. The Morgan fingerprint density at radius 3 is 1.75 bits per heavy atom. The van der Waals surface area contributed by atoms with Gasteiger partial charge in [0.25, 0.3) is 0 Å². The molecule has 0 aromatic carbocycles. The highest BCUT2D eigenvalue weighted by atomic mass is 16.7. The van der Waals surface area contributed by atoms with Crippen LogP contribution >= 0.6 is 0 Å². The fraction of sp³-hybridized carbons (Fsp3) is 0.906. The van der Waals surface area contributed by atoms with Gasteiger partial charge in [-0.2, -0.15) is 0 Å². The standard InChI is InChI=1S/C32H58O12/c1-5-6-7-8-9-10-11-12-13-14-15-16-17-18-27(38)43-29-28(41-23(4)35)26(20-34)42-32(30(29)44-31(39)22(2)3)40-21-25(37)24(36)19-33/h22,24-26,28-30,32-34,36-37H,5-21H2,1-4H3/t24-,25+,26+,28+,29-,30-,32+/m0/s1. The molecule has 0 unspecified atom stereocenters. The van der Waals surface area contributed by atoms with Gasteiger partial charge in [-0.25, -0.2) is 0 Å². The highest BCUT2D eigenvalue weighted by Crippen LogP contribution is 2.30. The summed E-state index contributed by atoms with van der Waals surface area (Å²) in [6.07, 6.45) is 5.28. The van der Waals surface area contributed by atoms with Crippen molar-refractivity contribution in [2.24, 2.45) is 5.92 Å². The first-order valence-electron chi connectivity index (χ1n) is 16.5. The van der Waals surface area contributed by atoms with E-state index in [9.17, 15) is 29.7 Å². The molecule has 7 atom stereocenters. The second kappa shape index (κ2) is 23.5. The van der Waals surface area contributed by atoms with E-state index in [0.717, 1.165) is 26.2 Å². The van der Waals surface area contributed by atoms with E-state index >= 15 is 0 Å².